The molecule has 158 valence electrons. The molecule has 1 saturated heterocycles. The fourth-order valence-corrected chi connectivity index (χ4v) is 4.92. The Morgan fingerprint density at radius 2 is 1.69 bits per heavy atom. The largest absolute Gasteiger partial charge is 0.497 e. The van der Waals surface area contributed by atoms with E-state index in [2.05, 4.69) is 29.5 Å². The van der Waals surface area contributed by atoms with Crippen LogP contribution in [0.4, 0.5) is 0 Å². The third-order valence-corrected chi connectivity index (χ3v) is 6.74. The van der Waals surface area contributed by atoms with E-state index in [0.29, 0.717) is 29.9 Å². The summed E-state index contributed by atoms with van der Waals surface area (Å²) in [6.45, 7) is 3.45. The molecule has 0 N–H and O–H groups in total. The fourth-order valence-electron chi connectivity index (χ4n) is 3.41. The first-order valence-corrected chi connectivity index (χ1v) is 11.8. The van der Waals surface area contributed by atoms with Gasteiger partial charge in [-0.25, -0.2) is 0 Å². The Balaban J connectivity index is 1.59. The van der Waals surface area contributed by atoms with Crippen LogP contribution in [0.5, 0.6) is 5.75 Å². The van der Waals surface area contributed by atoms with Gasteiger partial charge in [-0.2, -0.15) is 0 Å². The maximum absolute atomic E-state index is 6.27. The minimum Gasteiger partial charge on any atom is -0.497 e. The Morgan fingerprint density at radius 3 is 2.31 bits per heavy atom. The zero-order chi connectivity index (χ0) is 20.8. The van der Waals surface area contributed by atoms with Crippen LogP contribution in [0.2, 0.25) is 10.0 Å². The van der Waals surface area contributed by atoms with Crippen LogP contribution < -0.4 is 4.74 Å². The van der Waals surface area contributed by atoms with E-state index in [1.807, 2.05) is 42.5 Å². The average Bonchev–Trinajstić information content (AvgIpc) is 3.03. The first-order chi connectivity index (χ1) is 14.0. The van der Waals surface area contributed by atoms with Gasteiger partial charge in [-0.1, -0.05) is 70.9 Å². The van der Waals surface area contributed by atoms with Crippen molar-refractivity contribution in [2.45, 2.75) is 38.4 Å². The topological polar surface area (TPSA) is 36.9 Å². The molecular weight excluding hydrogens is 526 g/mol. The van der Waals surface area contributed by atoms with Crippen LogP contribution in [-0.2, 0) is 27.4 Å². The maximum Gasteiger partial charge on any atom is 0.118 e. The van der Waals surface area contributed by atoms with Crippen LogP contribution in [0.1, 0.15) is 18.1 Å². The number of benzene rings is 2. The van der Waals surface area contributed by atoms with Crippen molar-refractivity contribution < 1.29 is 18.9 Å². The van der Waals surface area contributed by atoms with Gasteiger partial charge in [0.1, 0.15) is 11.9 Å². The summed E-state index contributed by atoms with van der Waals surface area (Å²) in [7, 11) is 1.66. The van der Waals surface area contributed by atoms with Gasteiger partial charge in [-0.05, 0) is 29.8 Å². The summed E-state index contributed by atoms with van der Waals surface area (Å²) in [6.07, 6.45) is -0.0307. The third-order valence-electron chi connectivity index (χ3n) is 5.16. The summed E-state index contributed by atoms with van der Waals surface area (Å²) in [5, 5.41) is 1.21. The van der Waals surface area contributed by atoms with Gasteiger partial charge >= 0.3 is 0 Å². The highest BCUT2D eigenvalue weighted by molar-refractivity contribution is 14.1. The lowest BCUT2D eigenvalue weighted by Gasteiger charge is -2.22. The molecule has 0 aliphatic carbocycles. The predicted molar refractivity (Wildman–Crippen MR) is 124 cm³/mol. The Labute approximate surface area is 195 Å². The number of halogens is 3. The van der Waals surface area contributed by atoms with Gasteiger partial charge in [0.05, 0.1) is 39.1 Å². The monoisotopic (exact) mass is 550 g/mol. The van der Waals surface area contributed by atoms with Crippen molar-refractivity contribution in [2.75, 3.05) is 18.1 Å². The summed E-state index contributed by atoms with van der Waals surface area (Å²) in [5.74, 6) is 1.11. The number of rotatable bonds is 9. The number of alkyl halides is 1. The van der Waals surface area contributed by atoms with Crippen LogP contribution in [0.25, 0.3) is 0 Å². The summed E-state index contributed by atoms with van der Waals surface area (Å²) in [6, 6.07) is 13.4. The zero-order valence-corrected chi connectivity index (χ0v) is 20.1. The van der Waals surface area contributed by atoms with Crippen LogP contribution in [-0.4, -0.2) is 36.5 Å². The highest BCUT2D eigenvalue weighted by atomic mass is 127. The molecule has 2 aromatic carbocycles. The predicted octanol–water partition coefficient (Wildman–Crippen LogP) is 5.94. The van der Waals surface area contributed by atoms with Crippen molar-refractivity contribution in [3.8, 4) is 5.75 Å². The molecule has 7 heteroatoms. The van der Waals surface area contributed by atoms with Crippen LogP contribution in [0.3, 0.4) is 0 Å². The van der Waals surface area contributed by atoms with E-state index in [0.717, 1.165) is 21.3 Å². The number of hydrogen-bond acceptors (Lipinski definition) is 4. The van der Waals surface area contributed by atoms with Gasteiger partial charge in [0.25, 0.3) is 0 Å². The van der Waals surface area contributed by atoms with E-state index in [9.17, 15) is 0 Å². The van der Waals surface area contributed by atoms with Crippen molar-refractivity contribution in [3.05, 3.63) is 63.6 Å². The van der Waals surface area contributed by atoms with Crippen molar-refractivity contribution in [2.24, 2.45) is 5.92 Å². The Kier molecular flexibility index (Phi) is 8.89. The first-order valence-electron chi connectivity index (χ1n) is 9.50. The second-order valence-corrected chi connectivity index (χ2v) is 8.76. The molecule has 0 spiro atoms. The van der Waals surface area contributed by atoms with Crippen molar-refractivity contribution >= 4 is 45.8 Å². The maximum atomic E-state index is 6.27. The third kappa shape index (κ3) is 5.99. The standard InChI is InChI=1S/C22H25Cl2IO4/c1-14-20(10-25)29-21(13-27-12-17-18(23)4-3-5-19(17)24)22(14)28-11-15-6-8-16(26-2)9-7-15/h3-9,14,20-22H,10-13H2,1-2H3. The molecule has 0 radical (unpaired) electrons. The van der Waals surface area contributed by atoms with Gasteiger partial charge in [0.2, 0.25) is 0 Å². The highest BCUT2D eigenvalue weighted by Crippen LogP contribution is 2.32. The molecule has 0 saturated carbocycles. The first kappa shape index (κ1) is 23.1. The van der Waals surface area contributed by atoms with Gasteiger partial charge < -0.3 is 18.9 Å². The smallest absolute Gasteiger partial charge is 0.118 e. The van der Waals surface area contributed by atoms with Crippen molar-refractivity contribution in [1.82, 2.24) is 0 Å². The molecule has 4 atom stereocenters. The molecule has 0 amide bonds. The van der Waals surface area contributed by atoms with E-state index in [-0.39, 0.29) is 24.2 Å². The Bertz CT molecular complexity index is 767. The fraction of sp³-hybridized carbons (Fsp3) is 0.455. The quantitative estimate of drug-likeness (QED) is 0.286. The summed E-state index contributed by atoms with van der Waals surface area (Å²) in [5.41, 5.74) is 1.89. The Morgan fingerprint density at radius 1 is 1.00 bits per heavy atom. The molecule has 0 aromatic heterocycles. The van der Waals surface area contributed by atoms with Gasteiger partial charge in [0, 0.05) is 26.0 Å². The minimum atomic E-state index is -0.135. The van der Waals surface area contributed by atoms with E-state index in [1.54, 1.807) is 7.11 Å². The summed E-state index contributed by atoms with van der Waals surface area (Å²) in [4.78, 5) is 0. The van der Waals surface area contributed by atoms with E-state index in [4.69, 9.17) is 42.1 Å². The van der Waals surface area contributed by atoms with Crippen molar-refractivity contribution in [1.29, 1.82) is 0 Å². The van der Waals surface area contributed by atoms with E-state index < -0.39 is 0 Å². The molecule has 4 unspecified atom stereocenters. The second-order valence-electron chi connectivity index (χ2n) is 7.07. The van der Waals surface area contributed by atoms with Crippen LogP contribution in [0, 0.1) is 5.92 Å². The van der Waals surface area contributed by atoms with Crippen molar-refractivity contribution in [3.63, 3.8) is 0 Å². The lowest BCUT2D eigenvalue weighted by Crippen LogP contribution is -2.32. The molecule has 3 rings (SSSR count). The second kappa shape index (κ2) is 11.2. The van der Waals surface area contributed by atoms with Gasteiger partial charge in [0.15, 0.2) is 0 Å². The molecule has 1 heterocycles. The molecular formula is C22H25Cl2IO4. The van der Waals surface area contributed by atoms with Gasteiger partial charge in [-0.3, -0.25) is 0 Å². The highest BCUT2D eigenvalue weighted by Gasteiger charge is 2.42. The number of ether oxygens (including phenoxy) is 4. The Hall–Kier alpha value is -0.570. The molecule has 1 fully saturated rings. The molecule has 29 heavy (non-hydrogen) atoms. The average molecular weight is 551 g/mol. The molecule has 1 aliphatic heterocycles. The molecule has 4 nitrogen and oxygen atoms in total. The van der Waals surface area contributed by atoms with Crippen LogP contribution in [0.15, 0.2) is 42.5 Å². The zero-order valence-electron chi connectivity index (χ0n) is 16.4. The van der Waals surface area contributed by atoms with E-state index in [1.165, 1.54) is 0 Å². The lowest BCUT2D eigenvalue weighted by atomic mass is 9.99. The summed E-state index contributed by atoms with van der Waals surface area (Å²) < 4.78 is 24.5. The summed E-state index contributed by atoms with van der Waals surface area (Å²) >= 11 is 14.8. The molecule has 1 aliphatic rings. The van der Waals surface area contributed by atoms with E-state index >= 15 is 0 Å². The lowest BCUT2D eigenvalue weighted by molar-refractivity contribution is -0.0700. The minimum absolute atomic E-state index is 0.0430. The normalized spacial score (nSPS) is 24.0. The SMILES string of the molecule is COc1ccc(COC2C(COCc3c(Cl)cccc3Cl)OC(CI)C2C)cc1. The molecule has 2 aromatic rings. The number of methoxy groups -OCH3 is 1. The van der Waals surface area contributed by atoms with Gasteiger partial charge in [-0.15, -0.1) is 0 Å². The number of hydrogen-bond donors (Lipinski definition) is 0. The van der Waals surface area contributed by atoms with Crippen LogP contribution >= 0.6 is 45.8 Å². The molecule has 0 bridgehead atoms.